The van der Waals surface area contributed by atoms with Crippen LogP contribution in [0.15, 0.2) is 54.2 Å². The zero-order valence-corrected chi connectivity index (χ0v) is 16.9. The number of nitrogens with zero attached hydrogens (tertiary/aromatic N) is 3. The molecule has 2 aromatic heterocycles. The van der Waals surface area contributed by atoms with Gasteiger partial charge in [0, 0.05) is 23.2 Å². The molecule has 5 nitrogen and oxygen atoms in total. The Morgan fingerprint density at radius 3 is 2.97 bits per heavy atom. The Labute approximate surface area is 172 Å². The van der Waals surface area contributed by atoms with E-state index in [0.717, 1.165) is 45.6 Å². The third kappa shape index (κ3) is 3.15. The SMILES string of the molecule is Cc1cccc(CC(=O)N2CCc3cc(-c4csc5ncnc(N)c45)ccc32)c1. The van der Waals surface area contributed by atoms with Gasteiger partial charge in [-0.3, -0.25) is 4.79 Å². The highest BCUT2D eigenvalue weighted by atomic mass is 32.1. The molecule has 0 radical (unpaired) electrons. The van der Waals surface area contributed by atoms with Crippen LogP contribution < -0.4 is 10.6 Å². The molecule has 0 unspecified atom stereocenters. The van der Waals surface area contributed by atoms with Gasteiger partial charge in [0.25, 0.3) is 0 Å². The molecule has 5 rings (SSSR count). The number of carbonyl (C=O) groups excluding carboxylic acids is 1. The van der Waals surface area contributed by atoms with Gasteiger partial charge in [0.2, 0.25) is 5.91 Å². The molecule has 0 atom stereocenters. The molecule has 0 fully saturated rings. The minimum atomic E-state index is 0.140. The number of carbonyl (C=O) groups is 1. The molecule has 144 valence electrons. The van der Waals surface area contributed by atoms with Gasteiger partial charge in [-0.05, 0) is 42.2 Å². The first-order valence-corrected chi connectivity index (χ1v) is 10.4. The minimum absolute atomic E-state index is 0.140. The lowest BCUT2D eigenvalue weighted by Crippen LogP contribution is -2.30. The molecule has 2 N–H and O–H groups in total. The van der Waals surface area contributed by atoms with Crippen LogP contribution >= 0.6 is 11.3 Å². The topological polar surface area (TPSA) is 72.1 Å². The first-order valence-electron chi connectivity index (χ1n) is 9.57. The Balaban J connectivity index is 1.45. The van der Waals surface area contributed by atoms with E-state index in [0.29, 0.717) is 12.2 Å². The number of fused-ring (bicyclic) bond motifs is 2. The number of rotatable bonds is 3. The molecule has 6 heteroatoms. The smallest absolute Gasteiger partial charge is 0.231 e. The number of anilines is 2. The number of hydrogen-bond donors (Lipinski definition) is 1. The van der Waals surface area contributed by atoms with Crippen LogP contribution in [0.25, 0.3) is 21.3 Å². The molecular weight excluding hydrogens is 380 g/mol. The average molecular weight is 401 g/mol. The normalized spacial score (nSPS) is 13.1. The Kier molecular flexibility index (Phi) is 4.28. The Morgan fingerprint density at radius 1 is 1.21 bits per heavy atom. The molecule has 0 bridgehead atoms. The van der Waals surface area contributed by atoms with Crippen LogP contribution in [-0.4, -0.2) is 22.4 Å². The summed E-state index contributed by atoms with van der Waals surface area (Å²) in [5, 5.41) is 2.98. The summed E-state index contributed by atoms with van der Waals surface area (Å²) < 4.78 is 0. The lowest BCUT2D eigenvalue weighted by Gasteiger charge is -2.18. The zero-order valence-electron chi connectivity index (χ0n) is 16.1. The van der Waals surface area contributed by atoms with Crippen LogP contribution in [0.4, 0.5) is 11.5 Å². The molecule has 3 heterocycles. The lowest BCUT2D eigenvalue weighted by molar-refractivity contribution is -0.117. The van der Waals surface area contributed by atoms with Gasteiger partial charge in [-0.2, -0.15) is 0 Å². The van der Waals surface area contributed by atoms with Crippen LogP contribution in [0.3, 0.4) is 0 Å². The fraction of sp³-hybridized carbons (Fsp3) is 0.174. The van der Waals surface area contributed by atoms with E-state index < -0.39 is 0 Å². The van der Waals surface area contributed by atoms with Gasteiger partial charge in [0.1, 0.15) is 17.0 Å². The third-order valence-corrected chi connectivity index (χ3v) is 6.31. The summed E-state index contributed by atoms with van der Waals surface area (Å²) in [6, 6.07) is 14.4. The van der Waals surface area contributed by atoms with E-state index in [2.05, 4.69) is 39.6 Å². The van der Waals surface area contributed by atoms with Gasteiger partial charge in [-0.15, -0.1) is 11.3 Å². The second kappa shape index (κ2) is 6.97. The van der Waals surface area contributed by atoms with Crippen molar-refractivity contribution in [2.24, 2.45) is 0 Å². The first-order chi connectivity index (χ1) is 14.1. The zero-order chi connectivity index (χ0) is 20.0. The molecule has 0 saturated heterocycles. The standard InChI is InChI=1S/C23H20N4OS/c1-14-3-2-4-15(9-14)10-20(28)27-8-7-17-11-16(5-6-19(17)27)18-12-29-23-21(18)22(24)25-13-26-23/h2-6,9,11-13H,7-8,10H2,1H3,(H2,24,25,26). The Bertz CT molecular complexity index is 1250. The summed E-state index contributed by atoms with van der Waals surface area (Å²) in [6.07, 6.45) is 2.78. The van der Waals surface area contributed by atoms with Crippen molar-refractivity contribution in [3.8, 4) is 11.1 Å². The second-order valence-electron chi connectivity index (χ2n) is 7.39. The van der Waals surface area contributed by atoms with E-state index in [1.165, 1.54) is 17.5 Å². The summed E-state index contributed by atoms with van der Waals surface area (Å²) in [4.78, 5) is 24.2. The van der Waals surface area contributed by atoms with Gasteiger partial charge in [0.15, 0.2) is 0 Å². The maximum atomic E-state index is 12.9. The maximum absolute atomic E-state index is 12.9. The number of nitrogen functional groups attached to an aromatic ring is 1. The van der Waals surface area contributed by atoms with E-state index in [4.69, 9.17) is 5.73 Å². The molecule has 1 aliphatic heterocycles. The Hall–Kier alpha value is -3.25. The quantitative estimate of drug-likeness (QED) is 0.554. The van der Waals surface area contributed by atoms with Crippen molar-refractivity contribution in [1.82, 2.24) is 9.97 Å². The van der Waals surface area contributed by atoms with E-state index >= 15 is 0 Å². The number of amides is 1. The third-order valence-electron chi connectivity index (χ3n) is 5.42. The number of nitrogens with two attached hydrogens (primary N) is 1. The van der Waals surface area contributed by atoms with Crippen molar-refractivity contribution in [2.75, 3.05) is 17.2 Å². The Morgan fingerprint density at radius 2 is 2.10 bits per heavy atom. The highest BCUT2D eigenvalue weighted by molar-refractivity contribution is 7.17. The van der Waals surface area contributed by atoms with Crippen molar-refractivity contribution in [1.29, 1.82) is 0 Å². The number of hydrogen-bond acceptors (Lipinski definition) is 5. The number of aryl methyl sites for hydroxylation is 1. The van der Waals surface area contributed by atoms with Crippen LogP contribution in [0.5, 0.6) is 0 Å². The van der Waals surface area contributed by atoms with E-state index in [9.17, 15) is 4.79 Å². The fourth-order valence-corrected chi connectivity index (χ4v) is 4.96. The predicted octanol–water partition coefficient (Wildman–Crippen LogP) is 4.38. The largest absolute Gasteiger partial charge is 0.383 e. The van der Waals surface area contributed by atoms with Crippen LogP contribution in [0.2, 0.25) is 0 Å². The molecular formula is C23H20N4OS. The predicted molar refractivity (Wildman–Crippen MR) is 118 cm³/mol. The average Bonchev–Trinajstić information content (AvgIpc) is 3.32. The summed E-state index contributed by atoms with van der Waals surface area (Å²) in [5.41, 5.74) is 12.7. The molecule has 2 aromatic carbocycles. The number of benzene rings is 2. The van der Waals surface area contributed by atoms with Crippen molar-refractivity contribution in [3.63, 3.8) is 0 Å². The van der Waals surface area contributed by atoms with Crippen molar-refractivity contribution in [2.45, 2.75) is 19.8 Å². The molecule has 1 aliphatic rings. The van der Waals surface area contributed by atoms with Crippen LogP contribution in [0, 0.1) is 6.92 Å². The summed E-state index contributed by atoms with van der Waals surface area (Å²) in [5.74, 6) is 0.641. The van der Waals surface area contributed by atoms with Gasteiger partial charge >= 0.3 is 0 Å². The van der Waals surface area contributed by atoms with Crippen LogP contribution in [0.1, 0.15) is 16.7 Å². The van der Waals surface area contributed by atoms with Crippen molar-refractivity contribution < 1.29 is 4.79 Å². The van der Waals surface area contributed by atoms with Gasteiger partial charge in [0.05, 0.1) is 11.8 Å². The fourth-order valence-electron chi connectivity index (χ4n) is 4.03. The second-order valence-corrected chi connectivity index (χ2v) is 8.25. The van der Waals surface area contributed by atoms with E-state index in [1.54, 1.807) is 11.3 Å². The number of aromatic nitrogens is 2. The van der Waals surface area contributed by atoms with Gasteiger partial charge in [-0.25, -0.2) is 9.97 Å². The van der Waals surface area contributed by atoms with Crippen molar-refractivity contribution in [3.05, 3.63) is 70.9 Å². The lowest BCUT2D eigenvalue weighted by atomic mass is 10.0. The molecule has 29 heavy (non-hydrogen) atoms. The summed E-state index contributed by atoms with van der Waals surface area (Å²) in [7, 11) is 0. The summed E-state index contributed by atoms with van der Waals surface area (Å²) >= 11 is 1.57. The van der Waals surface area contributed by atoms with Gasteiger partial charge < -0.3 is 10.6 Å². The molecule has 0 aliphatic carbocycles. The monoisotopic (exact) mass is 400 g/mol. The summed E-state index contributed by atoms with van der Waals surface area (Å²) in [6.45, 7) is 2.77. The van der Waals surface area contributed by atoms with Gasteiger partial charge in [-0.1, -0.05) is 35.9 Å². The minimum Gasteiger partial charge on any atom is -0.383 e. The molecule has 0 saturated carbocycles. The van der Waals surface area contributed by atoms with Crippen LogP contribution in [-0.2, 0) is 17.6 Å². The molecule has 1 amide bonds. The molecule has 0 spiro atoms. The van der Waals surface area contributed by atoms with E-state index in [1.807, 2.05) is 30.0 Å². The highest BCUT2D eigenvalue weighted by Gasteiger charge is 2.25. The number of thiophene rings is 1. The van der Waals surface area contributed by atoms with Crippen molar-refractivity contribution >= 4 is 39.0 Å². The first kappa shape index (κ1) is 17.8. The van der Waals surface area contributed by atoms with E-state index in [-0.39, 0.29) is 5.91 Å². The molecule has 4 aromatic rings. The highest BCUT2D eigenvalue weighted by Crippen LogP contribution is 2.38. The maximum Gasteiger partial charge on any atom is 0.231 e.